The van der Waals surface area contributed by atoms with Crippen molar-refractivity contribution in [1.82, 2.24) is 0 Å². The fraction of sp³-hybridized carbons (Fsp3) is 0.947. The smallest absolute Gasteiger partial charge is 0.198 e. The zero-order valence-electron chi connectivity index (χ0n) is 13.5. The lowest BCUT2D eigenvalue weighted by atomic mass is 9.85. The van der Waals surface area contributed by atoms with Crippen molar-refractivity contribution in [3.8, 4) is 0 Å². The average Bonchev–Trinajstić information content (AvgIpc) is 2.49. The first kappa shape index (κ1) is 17.7. The monoisotopic (exact) mass is 279 g/mol. The van der Waals surface area contributed by atoms with Crippen molar-refractivity contribution < 1.29 is 4.79 Å². The molecule has 1 radical (unpaired) electrons. The van der Waals surface area contributed by atoms with Crippen molar-refractivity contribution in [3.63, 3.8) is 0 Å². The first-order valence-corrected chi connectivity index (χ1v) is 9.28. The normalized spacial score (nSPS) is 16.4. The van der Waals surface area contributed by atoms with Crippen LogP contribution < -0.4 is 0 Å². The van der Waals surface area contributed by atoms with E-state index in [2.05, 4.69) is 0 Å². The molecule has 0 aromatic carbocycles. The third-order valence-corrected chi connectivity index (χ3v) is 4.87. The molecule has 0 aliphatic heterocycles. The van der Waals surface area contributed by atoms with E-state index in [9.17, 15) is 4.79 Å². The molecule has 1 rings (SSSR count). The van der Waals surface area contributed by atoms with E-state index in [-0.39, 0.29) is 0 Å². The van der Waals surface area contributed by atoms with Crippen LogP contribution in [0.3, 0.4) is 0 Å². The highest BCUT2D eigenvalue weighted by Crippen LogP contribution is 2.28. The summed E-state index contributed by atoms with van der Waals surface area (Å²) in [5.41, 5.74) is 0. The minimum atomic E-state index is 0.640. The van der Waals surface area contributed by atoms with Crippen molar-refractivity contribution in [2.75, 3.05) is 0 Å². The molecule has 1 fully saturated rings. The van der Waals surface area contributed by atoms with Crippen LogP contribution in [0.5, 0.6) is 0 Å². The Hall–Kier alpha value is -0.330. The maximum Gasteiger partial charge on any atom is 0.198 e. The predicted octanol–water partition coefficient (Wildman–Crippen LogP) is 6.36. The molecule has 0 heterocycles. The van der Waals surface area contributed by atoms with Crippen molar-refractivity contribution in [3.05, 3.63) is 0 Å². The highest BCUT2D eigenvalue weighted by Gasteiger charge is 2.12. The molecule has 0 atom stereocenters. The van der Waals surface area contributed by atoms with Gasteiger partial charge in [-0.15, -0.1) is 0 Å². The molecular weight excluding hydrogens is 244 g/mol. The Labute approximate surface area is 126 Å². The van der Waals surface area contributed by atoms with Crippen molar-refractivity contribution in [2.45, 2.75) is 109 Å². The molecule has 1 nitrogen and oxygen atoms in total. The Morgan fingerprint density at radius 2 is 1.15 bits per heavy atom. The Kier molecular flexibility index (Phi) is 12.1. The second-order valence-corrected chi connectivity index (χ2v) is 6.72. The van der Waals surface area contributed by atoms with Crippen LogP contribution in [0.4, 0.5) is 0 Å². The summed E-state index contributed by atoms with van der Waals surface area (Å²) in [6, 6.07) is 0. The van der Waals surface area contributed by atoms with Gasteiger partial charge in [0.15, 0.2) is 6.29 Å². The second kappa shape index (κ2) is 13.6. The van der Waals surface area contributed by atoms with Gasteiger partial charge in [-0.05, 0) is 12.3 Å². The Bertz CT molecular complexity index is 206. The molecule has 1 saturated carbocycles. The molecule has 0 aromatic rings. The standard InChI is InChI=1S/C19H35O/c20-18-14-9-7-5-3-1-2-4-6-8-11-15-19-16-12-10-13-17-19/h19H,1-17H2. The van der Waals surface area contributed by atoms with E-state index in [4.69, 9.17) is 0 Å². The maximum absolute atomic E-state index is 10.0. The summed E-state index contributed by atoms with van der Waals surface area (Å²) in [5, 5.41) is 0. The van der Waals surface area contributed by atoms with Crippen LogP contribution in [0, 0.1) is 5.92 Å². The molecule has 0 spiro atoms. The fourth-order valence-corrected chi connectivity index (χ4v) is 3.52. The molecule has 117 valence electrons. The highest BCUT2D eigenvalue weighted by molar-refractivity contribution is 5.50. The molecular formula is C19H35O. The molecule has 1 aliphatic rings. The largest absolute Gasteiger partial charge is 0.291 e. The SMILES string of the molecule is O=[C]CCCCCCCCCCCCC1CCCCC1. The number of unbranched alkanes of at least 4 members (excludes halogenated alkanes) is 10. The third-order valence-electron chi connectivity index (χ3n) is 4.87. The zero-order chi connectivity index (χ0) is 14.3. The summed E-state index contributed by atoms with van der Waals surface area (Å²) in [6.07, 6.45) is 25.2. The van der Waals surface area contributed by atoms with Gasteiger partial charge in [-0.3, -0.25) is 4.79 Å². The van der Waals surface area contributed by atoms with E-state index in [0.717, 1.165) is 12.3 Å². The minimum absolute atomic E-state index is 0.640. The van der Waals surface area contributed by atoms with Gasteiger partial charge in [-0.2, -0.15) is 0 Å². The predicted molar refractivity (Wildman–Crippen MR) is 87.7 cm³/mol. The van der Waals surface area contributed by atoms with Crippen LogP contribution in [0.1, 0.15) is 109 Å². The van der Waals surface area contributed by atoms with Crippen LogP contribution in [0.15, 0.2) is 0 Å². The number of hydrogen-bond acceptors (Lipinski definition) is 1. The van der Waals surface area contributed by atoms with Gasteiger partial charge in [0.1, 0.15) is 0 Å². The van der Waals surface area contributed by atoms with Crippen molar-refractivity contribution in [1.29, 1.82) is 0 Å². The summed E-state index contributed by atoms with van der Waals surface area (Å²) >= 11 is 0. The van der Waals surface area contributed by atoms with Crippen LogP contribution >= 0.6 is 0 Å². The van der Waals surface area contributed by atoms with Gasteiger partial charge in [0.2, 0.25) is 0 Å². The number of hydrogen-bond donors (Lipinski definition) is 0. The van der Waals surface area contributed by atoms with Crippen molar-refractivity contribution in [2.24, 2.45) is 5.92 Å². The first-order chi connectivity index (χ1) is 9.93. The lowest BCUT2D eigenvalue weighted by Crippen LogP contribution is -2.05. The minimum Gasteiger partial charge on any atom is -0.291 e. The van der Waals surface area contributed by atoms with Gasteiger partial charge < -0.3 is 0 Å². The molecule has 0 N–H and O–H groups in total. The van der Waals surface area contributed by atoms with Gasteiger partial charge in [0.05, 0.1) is 0 Å². The number of carbonyl (C=O) groups excluding carboxylic acids is 1. The van der Waals surface area contributed by atoms with Crippen LogP contribution in [-0.4, -0.2) is 6.29 Å². The van der Waals surface area contributed by atoms with Gasteiger partial charge >= 0.3 is 0 Å². The van der Waals surface area contributed by atoms with E-state index in [1.165, 1.54) is 96.3 Å². The Balaban J connectivity index is 1.71. The Morgan fingerprint density at radius 3 is 1.70 bits per heavy atom. The lowest BCUT2D eigenvalue weighted by Gasteiger charge is -2.21. The fourth-order valence-electron chi connectivity index (χ4n) is 3.52. The second-order valence-electron chi connectivity index (χ2n) is 6.72. The summed E-state index contributed by atoms with van der Waals surface area (Å²) in [5.74, 6) is 1.08. The summed E-state index contributed by atoms with van der Waals surface area (Å²) < 4.78 is 0. The molecule has 1 aliphatic carbocycles. The summed E-state index contributed by atoms with van der Waals surface area (Å²) in [6.45, 7) is 0. The lowest BCUT2D eigenvalue weighted by molar-refractivity contribution is 0.328. The molecule has 20 heavy (non-hydrogen) atoms. The van der Waals surface area contributed by atoms with Gasteiger partial charge in [0, 0.05) is 6.42 Å². The van der Waals surface area contributed by atoms with Crippen LogP contribution in [0.2, 0.25) is 0 Å². The number of rotatable bonds is 13. The van der Waals surface area contributed by atoms with Gasteiger partial charge in [-0.1, -0.05) is 96.3 Å². The maximum atomic E-state index is 10.0. The quantitative estimate of drug-likeness (QED) is 0.359. The topological polar surface area (TPSA) is 17.1 Å². The van der Waals surface area contributed by atoms with Gasteiger partial charge in [0.25, 0.3) is 0 Å². The van der Waals surface area contributed by atoms with Crippen LogP contribution in [-0.2, 0) is 4.79 Å². The molecule has 0 aromatic heterocycles. The van der Waals surface area contributed by atoms with Gasteiger partial charge in [-0.25, -0.2) is 0 Å². The highest BCUT2D eigenvalue weighted by atomic mass is 16.1. The first-order valence-electron chi connectivity index (χ1n) is 9.28. The molecule has 0 amide bonds. The average molecular weight is 279 g/mol. The van der Waals surface area contributed by atoms with E-state index in [0.29, 0.717) is 6.42 Å². The summed E-state index contributed by atoms with van der Waals surface area (Å²) in [7, 11) is 0. The van der Waals surface area contributed by atoms with Crippen LogP contribution in [0.25, 0.3) is 0 Å². The van der Waals surface area contributed by atoms with E-state index in [1.54, 1.807) is 0 Å². The molecule has 1 heteroatoms. The molecule has 0 unspecified atom stereocenters. The molecule has 0 saturated heterocycles. The Morgan fingerprint density at radius 1 is 0.650 bits per heavy atom. The van der Waals surface area contributed by atoms with E-state index < -0.39 is 0 Å². The molecule has 0 bridgehead atoms. The summed E-state index contributed by atoms with van der Waals surface area (Å²) in [4.78, 5) is 10.0. The van der Waals surface area contributed by atoms with E-state index >= 15 is 0 Å². The van der Waals surface area contributed by atoms with E-state index in [1.807, 2.05) is 6.29 Å². The van der Waals surface area contributed by atoms with Crippen molar-refractivity contribution >= 4 is 6.29 Å². The zero-order valence-corrected chi connectivity index (χ0v) is 13.5. The third kappa shape index (κ3) is 10.5.